The Morgan fingerprint density at radius 2 is 2.47 bits per heavy atom. The van der Waals surface area contributed by atoms with Gasteiger partial charge in [0.1, 0.15) is 5.01 Å². The summed E-state index contributed by atoms with van der Waals surface area (Å²) in [4.78, 5) is 11.4. The third-order valence-corrected chi connectivity index (χ3v) is 2.40. The van der Waals surface area contributed by atoms with E-state index in [4.69, 9.17) is 11.3 Å². The van der Waals surface area contributed by atoms with Crippen molar-refractivity contribution >= 4 is 22.4 Å². The third kappa shape index (κ3) is 3.68. The number of carbonyl (C=O) groups is 1. The molecule has 0 aromatic carbocycles. The summed E-state index contributed by atoms with van der Waals surface area (Å²) in [6.45, 7) is 1.99. The van der Waals surface area contributed by atoms with Crippen molar-refractivity contribution in [2.75, 3.05) is 11.9 Å². The number of nitrogens with one attached hydrogen (secondary N) is 2. The summed E-state index contributed by atoms with van der Waals surface area (Å²) in [7, 11) is 0. The second kappa shape index (κ2) is 5.47. The standard InChI is InChI=1S/C7H12N6OS/c1-4-12-13-7(15-4)10-6(14)2-5(3-8)11-9/h5,9H,2-3,8H2,1H3,(H,10,13,14). The van der Waals surface area contributed by atoms with Gasteiger partial charge >= 0.3 is 0 Å². The lowest BCUT2D eigenvalue weighted by Crippen LogP contribution is -2.24. The van der Waals surface area contributed by atoms with Gasteiger partial charge in [-0.2, -0.15) is 5.11 Å². The normalized spacial score (nSPS) is 12.1. The van der Waals surface area contributed by atoms with Crippen molar-refractivity contribution in [3.8, 4) is 0 Å². The van der Waals surface area contributed by atoms with Crippen molar-refractivity contribution in [3.05, 3.63) is 5.01 Å². The van der Waals surface area contributed by atoms with E-state index in [1.54, 1.807) is 6.92 Å². The van der Waals surface area contributed by atoms with E-state index in [1.807, 2.05) is 0 Å². The fourth-order valence-electron chi connectivity index (χ4n) is 0.913. The number of aryl methyl sites for hydroxylation is 1. The molecule has 1 aromatic heterocycles. The van der Waals surface area contributed by atoms with Gasteiger partial charge in [0, 0.05) is 6.54 Å². The van der Waals surface area contributed by atoms with E-state index in [1.165, 1.54) is 11.3 Å². The molecule has 1 heterocycles. The number of amides is 1. The number of anilines is 1. The first kappa shape index (κ1) is 11.7. The molecule has 0 fully saturated rings. The number of nitrogens with zero attached hydrogens (tertiary/aromatic N) is 3. The van der Waals surface area contributed by atoms with Crippen molar-refractivity contribution in [2.24, 2.45) is 10.8 Å². The van der Waals surface area contributed by atoms with E-state index in [-0.39, 0.29) is 18.9 Å². The Hall–Kier alpha value is -1.41. The number of hydrogen-bond acceptors (Lipinski definition) is 7. The van der Waals surface area contributed by atoms with E-state index in [9.17, 15) is 4.79 Å². The molecule has 0 spiro atoms. The quantitative estimate of drug-likeness (QED) is 0.637. The van der Waals surface area contributed by atoms with Crippen LogP contribution in [-0.2, 0) is 4.79 Å². The fourth-order valence-corrected chi connectivity index (χ4v) is 1.52. The minimum Gasteiger partial charge on any atom is -0.328 e. The first-order chi connectivity index (χ1) is 7.15. The van der Waals surface area contributed by atoms with E-state index in [0.717, 1.165) is 5.01 Å². The van der Waals surface area contributed by atoms with Crippen molar-refractivity contribution in [1.29, 1.82) is 5.53 Å². The molecule has 1 atom stereocenters. The first-order valence-corrected chi connectivity index (χ1v) is 5.14. The van der Waals surface area contributed by atoms with Crippen LogP contribution in [0.25, 0.3) is 0 Å². The fraction of sp³-hybridized carbons (Fsp3) is 0.571. The zero-order chi connectivity index (χ0) is 11.3. The highest BCUT2D eigenvalue weighted by Crippen LogP contribution is 2.14. The summed E-state index contributed by atoms with van der Waals surface area (Å²) < 4.78 is 0. The molecular weight excluding hydrogens is 216 g/mol. The number of nitrogens with two attached hydrogens (primary N) is 1. The minimum absolute atomic E-state index is 0.0959. The SMILES string of the molecule is Cc1nnc(NC(=O)CC(CN)N=N)s1. The van der Waals surface area contributed by atoms with Crippen LogP contribution < -0.4 is 11.1 Å². The smallest absolute Gasteiger partial charge is 0.228 e. The van der Waals surface area contributed by atoms with Crippen molar-refractivity contribution in [1.82, 2.24) is 10.2 Å². The van der Waals surface area contributed by atoms with Gasteiger partial charge in [-0.1, -0.05) is 11.3 Å². The monoisotopic (exact) mass is 228 g/mol. The molecule has 0 aliphatic carbocycles. The second-order valence-corrected chi connectivity index (χ2v) is 4.08. The molecule has 0 aliphatic heterocycles. The lowest BCUT2D eigenvalue weighted by molar-refractivity contribution is -0.116. The Kier molecular flexibility index (Phi) is 4.25. The van der Waals surface area contributed by atoms with Crippen LogP contribution in [0.2, 0.25) is 0 Å². The molecule has 0 saturated carbocycles. The summed E-state index contributed by atoms with van der Waals surface area (Å²) in [6, 6.07) is -0.459. The van der Waals surface area contributed by atoms with Gasteiger partial charge in [0.15, 0.2) is 0 Å². The number of rotatable bonds is 5. The van der Waals surface area contributed by atoms with E-state index >= 15 is 0 Å². The van der Waals surface area contributed by atoms with E-state index in [0.29, 0.717) is 5.13 Å². The maximum absolute atomic E-state index is 11.4. The second-order valence-electron chi connectivity index (χ2n) is 2.90. The maximum Gasteiger partial charge on any atom is 0.228 e. The summed E-state index contributed by atoms with van der Waals surface area (Å²) in [6.07, 6.45) is 0.0959. The molecule has 0 radical (unpaired) electrons. The average Bonchev–Trinajstić information content (AvgIpc) is 2.60. The Morgan fingerprint density at radius 1 is 1.73 bits per heavy atom. The molecule has 4 N–H and O–H groups in total. The lowest BCUT2D eigenvalue weighted by atomic mass is 10.2. The Balaban J connectivity index is 2.45. The van der Waals surface area contributed by atoms with Crippen LogP contribution in [0.1, 0.15) is 11.4 Å². The zero-order valence-electron chi connectivity index (χ0n) is 8.23. The van der Waals surface area contributed by atoms with Gasteiger partial charge < -0.3 is 11.1 Å². The highest BCUT2D eigenvalue weighted by Gasteiger charge is 2.12. The average molecular weight is 228 g/mol. The number of carbonyl (C=O) groups excluding carboxylic acids is 1. The van der Waals surface area contributed by atoms with Crippen LogP contribution >= 0.6 is 11.3 Å². The molecule has 0 saturated heterocycles. The Morgan fingerprint density at radius 3 is 2.93 bits per heavy atom. The predicted molar refractivity (Wildman–Crippen MR) is 55.9 cm³/mol. The van der Waals surface area contributed by atoms with Gasteiger partial charge in [-0.25, -0.2) is 5.53 Å². The van der Waals surface area contributed by atoms with Crippen LogP contribution in [0.4, 0.5) is 5.13 Å². The lowest BCUT2D eigenvalue weighted by Gasteiger charge is -2.05. The third-order valence-electron chi connectivity index (χ3n) is 1.65. The van der Waals surface area contributed by atoms with Crippen LogP contribution in [0.5, 0.6) is 0 Å². The summed E-state index contributed by atoms with van der Waals surface area (Å²) in [5, 5.41) is 14.5. The molecule has 8 heteroatoms. The molecular formula is C7H12N6OS. The zero-order valence-corrected chi connectivity index (χ0v) is 9.04. The van der Waals surface area contributed by atoms with Crippen LogP contribution in [-0.4, -0.2) is 28.7 Å². The molecule has 7 nitrogen and oxygen atoms in total. The minimum atomic E-state index is -0.459. The van der Waals surface area contributed by atoms with Crippen molar-refractivity contribution in [2.45, 2.75) is 19.4 Å². The first-order valence-electron chi connectivity index (χ1n) is 4.32. The summed E-state index contributed by atoms with van der Waals surface area (Å²) >= 11 is 1.30. The molecule has 1 rings (SSSR count). The van der Waals surface area contributed by atoms with Crippen molar-refractivity contribution in [3.63, 3.8) is 0 Å². The van der Waals surface area contributed by atoms with Crippen LogP contribution in [0.15, 0.2) is 5.11 Å². The summed E-state index contributed by atoms with van der Waals surface area (Å²) in [5.41, 5.74) is 12.1. The molecule has 1 amide bonds. The van der Waals surface area contributed by atoms with Gasteiger partial charge in [-0.15, -0.1) is 10.2 Å². The topological polar surface area (TPSA) is 117 Å². The maximum atomic E-state index is 11.4. The molecule has 1 aromatic rings. The van der Waals surface area contributed by atoms with Gasteiger partial charge in [-0.05, 0) is 6.92 Å². The number of aromatic nitrogens is 2. The summed E-state index contributed by atoms with van der Waals surface area (Å²) in [5.74, 6) is -0.252. The molecule has 1 unspecified atom stereocenters. The van der Waals surface area contributed by atoms with Gasteiger partial charge in [-0.3, -0.25) is 4.79 Å². The molecule has 82 valence electrons. The van der Waals surface area contributed by atoms with Gasteiger partial charge in [0.25, 0.3) is 0 Å². The molecule has 0 bridgehead atoms. The van der Waals surface area contributed by atoms with Gasteiger partial charge in [0.2, 0.25) is 11.0 Å². The highest BCUT2D eigenvalue weighted by atomic mass is 32.1. The van der Waals surface area contributed by atoms with E-state index < -0.39 is 6.04 Å². The van der Waals surface area contributed by atoms with E-state index in [2.05, 4.69) is 20.6 Å². The highest BCUT2D eigenvalue weighted by molar-refractivity contribution is 7.15. The van der Waals surface area contributed by atoms with Crippen molar-refractivity contribution < 1.29 is 4.79 Å². The van der Waals surface area contributed by atoms with Gasteiger partial charge in [0.05, 0.1) is 12.5 Å². The predicted octanol–water partition coefficient (Wildman–Crippen LogP) is 0.533. The Bertz CT molecular complexity index is 351. The largest absolute Gasteiger partial charge is 0.328 e. The molecule has 15 heavy (non-hydrogen) atoms. The van der Waals surface area contributed by atoms with Crippen LogP contribution in [0, 0.1) is 12.5 Å². The number of hydrogen-bond donors (Lipinski definition) is 3. The van der Waals surface area contributed by atoms with Crippen LogP contribution in [0.3, 0.4) is 0 Å². The molecule has 0 aliphatic rings. The Labute approximate surface area is 90.6 Å².